The molecular weight excluding hydrogens is 228 g/mol. The molecule has 1 aromatic rings. The van der Waals surface area contributed by atoms with Crippen LogP contribution in [-0.2, 0) is 23.2 Å². The third-order valence-corrected chi connectivity index (χ3v) is 3.97. The molecule has 0 saturated carbocycles. The van der Waals surface area contributed by atoms with Crippen LogP contribution in [0.1, 0.15) is 36.5 Å². The molecule has 1 atom stereocenters. The van der Waals surface area contributed by atoms with Crippen molar-refractivity contribution >= 4 is 11.9 Å². The molecule has 4 heteroatoms. The van der Waals surface area contributed by atoms with Gasteiger partial charge in [0.15, 0.2) is 0 Å². The monoisotopic (exact) mass is 244 g/mol. The van der Waals surface area contributed by atoms with Crippen LogP contribution in [0, 0.1) is 0 Å². The number of nitrogens with one attached hydrogen (secondary N) is 2. The number of carbonyl (C=O) groups excluding carboxylic acids is 2. The summed E-state index contributed by atoms with van der Waals surface area (Å²) in [6.07, 6.45) is 4.62. The lowest BCUT2D eigenvalue weighted by atomic mass is 9.85. The van der Waals surface area contributed by atoms with Crippen molar-refractivity contribution in [2.75, 3.05) is 0 Å². The van der Waals surface area contributed by atoms with Gasteiger partial charge in [-0.1, -0.05) is 18.2 Å². The number of benzene rings is 1. The maximum atomic E-state index is 11.9. The van der Waals surface area contributed by atoms with Crippen LogP contribution < -0.4 is 10.6 Å². The van der Waals surface area contributed by atoms with Crippen LogP contribution in [0.5, 0.6) is 0 Å². The number of urea groups is 1. The molecule has 1 saturated heterocycles. The molecule has 1 aromatic carbocycles. The standard InChI is InChI=1S/C14H16N2O2/c1-14(12(17)15-13(18)16-14)11-7-6-9-4-2-3-5-10(9)8-11/h6-8H,2-5H2,1H3,(H2,15,16,17,18). The van der Waals surface area contributed by atoms with Crippen molar-refractivity contribution in [2.45, 2.75) is 38.1 Å². The van der Waals surface area contributed by atoms with Gasteiger partial charge in [-0.25, -0.2) is 4.79 Å². The second-order valence-corrected chi connectivity index (χ2v) is 5.22. The zero-order valence-corrected chi connectivity index (χ0v) is 10.4. The highest BCUT2D eigenvalue weighted by Crippen LogP contribution is 2.29. The van der Waals surface area contributed by atoms with Crippen molar-refractivity contribution in [1.29, 1.82) is 0 Å². The molecule has 18 heavy (non-hydrogen) atoms. The quantitative estimate of drug-likeness (QED) is 0.737. The highest BCUT2D eigenvalue weighted by atomic mass is 16.2. The van der Waals surface area contributed by atoms with Crippen LogP contribution in [-0.4, -0.2) is 11.9 Å². The lowest BCUT2D eigenvalue weighted by Gasteiger charge is -2.24. The number of aryl methyl sites for hydroxylation is 2. The minimum atomic E-state index is -0.927. The lowest BCUT2D eigenvalue weighted by Crippen LogP contribution is -2.40. The lowest BCUT2D eigenvalue weighted by molar-refractivity contribution is -0.123. The van der Waals surface area contributed by atoms with E-state index < -0.39 is 11.6 Å². The highest BCUT2D eigenvalue weighted by Gasteiger charge is 2.43. The van der Waals surface area contributed by atoms with Gasteiger partial charge in [0.25, 0.3) is 5.91 Å². The molecule has 0 radical (unpaired) electrons. The Morgan fingerprint density at radius 3 is 2.50 bits per heavy atom. The van der Waals surface area contributed by atoms with Gasteiger partial charge in [-0.05, 0) is 49.3 Å². The third-order valence-electron chi connectivity index (χ3n) is 3.97. The van der Waals surface area contributed by atoms with E-state index in [0.717, 1.165) is 18.4 Å². The number of fused-ring (bicyclic) bond motifs is 1. The predicted octanol–water partition coefficient (Wildman–Crippen LogP) is 1.62. The van der Waals surface area contributed by atoms with Crippen LogP contribution >= 0.6 is 0 Å². The highest BCUT2D eigenvalue weighted by molar-refractivity contribution is 6.07. The summed E-state index contributed by atoms with van der Waals surface area (Å²) in [6.45, 7) is 1.75. The minimum Gasteiger partial charge on any atom is -0.320 e. The number of rotatable bonds is 1. The predicted molar refractivity (Wildman–Crippen MR) is 67.1 cm³/mol. The molecule has 2 aliphatic rings. The summed E-state index contributed by atoms with van der Waals surface area (Å²) in [5.74, 6) is -0.275. The molecule has 1 unspecified atom stereocenters. The van der Waals surface area contributed by atoms with E-state index in [1.807, 2.05) is 6.07 Å². The Balaban J connectivity index is 2.02. The fourth-order valence-corrected chi connectivity index (χ4v) is 2.79. The maximum Gasteiger partial charge on any atom is 0.322 e. The third kappa shape index (κ3) is 1.60. The number of carbonyl (C=O) groups is 2. The van der Waals surface area contributed by atoms with E-state index in [-0.39, 0.29) is 5.91 Å². The summed E-state index contributed by atoms with van der Waals surface area (Å²) in [5, 5.41) is 5.00. The van der Waals surface area contributed by atoms with Gasteiger partial charge in [0, 0.05) is 0 Å². The molecule has 94 valence electrons. The largest absolute Gasteiger partial charge is 0.322 e. The molecule has 1 fully saturated rings. The van der Waals surface area contributed by atoms with E-state index in [1.54, 1.807) is 6.92 Å². The van der Waals surface area contributed by atoms with Crippen LogP contribution in [0.3, 0.4) is 0 Å². The summed E-state index contributed by atoms with van der Waals surface area (Å²) in [4.78, 5) is 23.2. The van der Waals surface area contributed by atoms with Gasteiger partial charge >= 0.3 is 6.03 Å². The van der Waals surface area contributed by atoms with Crippen LogP contribution in [0.2, 0.25) is 0 Å². The Morgan fingerprint density at radius 1 is 1.11 bits per heavy atom. The molecule has 0 aromatic heterocycles. The normalized spacial score (nSPS) is 26.5. The van der Waals surface area contributed by atoms with Gasteiger partial charge in [-0.3, -0.25) is 10.1 Å². The van der Waals surface area contributed by atoms with Crippen molar-refractivity contribution in [3.8, 4) is 0 Å². The fraction of sp³-hybridized carbons (Fsp3) is 0.429. The molecule has 1 aliphatic carbocycles. The summed E-state index contributed by atoms with van der Waals surface area (Å²) >= 11 is 0. The van der Waals surface area contributed by atoms with Crippen LogP contribution in [0.15, 0.2) is 18.2 Å². The SMILES string of the molecule is CC1(c2ccc3c(c2)CCCC3)NC(=O)NC1=O. The zero-order chi connectivity index (χ0) is 12.8. The van der Waals surface area contributed by atoms with Crippen molar-refractivity contribution in [3.05, 3.63) is 34.9 Å². The fourth-order valence-electron chi connectivity index (χ4n) is 2.79. The number of amides is 3. The first-order valence-corrected chi connectivity index (χ1v) is 6.35. The summed E-state index contributed by atoms with van der Waals surface area (Å²) in [6, 6.07) is 5.70. The average Bonchev–Trinajstić information content (AvgIpc) is 2.63. The first-order valence-electron chi connectivity index (χ1n) is 6.35. The van der Waals surface area contributed by atoms with Crippen molar-refractivity contribution in [1.82, 2.24) is 10.6 Å². The van der Waals surface area contributed by atoms with E-state index in [1.165, 1.54) is 24.0 Å². The van der Waals surface area contributed by atoms with E-state index in [0.29, 0.717) is 0 Å². The first-order chi connectivity index (χ1) is 8.59. The topological polar surface area (TPSA) is 58.2 Å². The van der Waals surface area contributed by atoms with Crippen molar-refractivity contribution in [2.24, 2.45) is 0 Å². The molecule has 1 aliphatic heterocycles. The minimum absolute atomic E-state index is 0.275. The Morgan fingerprint density at radius 2 is 1.83 bits per heavy atom. The maximum absolute atomic E-state index is 11.9. The Kier molecular flexibility index (Phi) is 2.40. The van der Waals surface area contributed by atoms with Gasteiger partial charge in [0.05, 0.1) is 0 Å². The van der Waals surface area contributed by atoms with E-state index >= 15 is 0 Å². The van der Waals surface area contributed by atoms with Gasteiger partial charge in [-0.2, -0.15) is 0 Å². The Hall–Kier alpha value is -1.84. The van der Waals surface area contributed by atoms with Gasteiger partial charge < -0.3 is 5.32 Å². The smallest absolute Gasteiger partial charge is 0.320 e. The molecule has 1 heterocycles. The molecule has 0 spiro atoms. The Labute approximate surface area is 106 Å². The van der Waals surface area contributed by atoms with Crippen LogP contribution in [0.25, 0.3) is 0 Å². The van der Waals surface area contributed by atoms with Gasteiger partial charge in [-0.15, -0.1) is 0 Å². The van der Waals surface area contributed by atoms with Gasteiger partial charge in [0.1, 0.15) is 5.54 Å². The van der Waals surface area contributed by atoms with E-state index in [2.05, 4.69) is 22.8 Å². The molecule has 3 rings (SSSR count). The van der Waals surface area contributed by atoms with Crippen LogP contribution in [0.4, 0.5) is 4.79 Å². The van der Waals surface area contributed by atoms with E-state index in [4.69, 9.17) is 0 Å². The number of hydrogen-bond donors (Lipinski definition) is 2. The number of imide groups is 1. The second-order valence-electron chi connectivity index (χ2n) is 5.22. The molecule has 0 bridgehead atoms. The molecule has 3 amide bonds. The molecule has 4 nitrogen and oxygen atoms in total. The van der Waals surface area contributed by atoms with Crippen molar-refractivity contribution in [3.63, 3.8) is 0 Å². The molecule has 2 N–H and O–H groups in total. The van der Waals surface area contributed by atoms with Crippen molar-refractivity contribution < 1.29 is 9.59 Å². The molecular formula is C14H16N2O2. The average molecular weight is 244 g/mol. The van der Waals surface area contributed by atoms with Gasteiger partial charge in [0.2, 0.25) is 0 Å². The summed E-state index contributed by atoms with van der Waals surface area (Å²) in [7, 11) is 0. The first kappa shape index (κ1) is 11.3. The Bertz CT molecular complexity index is 539. The number of hydrogen-bond acceptors (Lipinski definition) is 2. The summed E-state index contributed by atoms with van der Waals surface area (Å²) in [5.41, 5.74) is 2.63. The second kappa shape index (κ2) is 3.83. The summed E-state index contributed by atoms with van der Waals surface area (Å²) < 4.78 is 0. The van der Waals surface area contributed by atoms with E-state index in [9.17, 15) is 9.59 Å². The zero-order valence-electron chi connectivity index (χ0n) is 10.4.